The van der Waals surface area contributed by atoms with Crippen LogP contribution in [0, 0.1) is 0 Å². The summed E-state index contributed by atoms with van der Waals surface area (Å²) in [6.45, 7) is 0. The van der Waals surface area contributed by atoms with Gasteiger partial charge in [0.1, 0.15) is 0 Å². The SMILES string of the molecule is NC1(c2cccc3cnncc23)CCC1. The van der Waals surface area contributed by atoms with E-state index >= 15 is 0 Å². The molecule has 0 spiro atoms. The summed E-state index contributed by atoms with van der Waals surface area (Å²) in [4.78, 5) is 0. The van der Waals surface area contributed by atoms with E-state index in [2.05, 4.69) is 22.3 Å². The van der Waals surface area contributed by atoms with E-state index in [1.165, 1.54) is 12.0 Å². The van der Waals surface area contributed by atoms with Gasteiger partial charge in [0, 0.05) is 16.3 Å². The predicted octanol–water partition coefficient (Wildman–Crippen LogP) is 1.97. The molecule has 1 saturated carbocycles. The Hall–Kier alpha value is -1.48. The van der Waals surface area contributed by atoms with Crippen LogP contribution < -0.4 is 5.73 Å². The average molecular weight is 199 g/mol. The van der Waals surface area contributed by atoms with Crippen LogP contribution >= 0.6 is 0 Å². The number of hydrogen-bond donors (Lipinski definition) is 1. The van der Waals surface area contributed by atoms with Crippen molar-refractivity contribution in [2.24, 2.45) is 5.73 Å². The first-order valence-electron chi connectivity index (χ1n) is 5.28. The molecule has 0 unspecified atom stereocenters. The summed E-state index contributed by atoms with van der Waals surface area (Å²) in [6.07, 6.45) is 6.99. The number of hydrogen-bond acceptors (Lipinski definition) is 3. The second kappa shape index (κ2) is 3.00. The highest BCUT2D eigenvalue weighted by Crippen LogP contribution is 2.41. The van der Waals surface area contributed by atoms with Crippen molar-refractivity contribution in [3.63, 3.8) is 0 Å². The van der Waals surface area contributed by atoms with Crippen molar-refractivity contribution in [1.29, 1.82) is 0 Å². The van der Waals surface area contributed by atoms with Crippen LogP contribution in [-0.4, -0.2) is 10.2 Å². The molecule has 15 heavy (non-hydrogen) atoms. The normalized spacial score (nSPS) is 18.7. The highest BCUT2D eigenvalue weighted by Gasteiger charge is 2.35. The summed E-state index contributed by atoms with van der Waals surface area (Å²) in [5, 5.41) is 10.1. The number of nitrogens with two attached hydrogens (primary N) is 1. The van der Waals surface area contributed by atoms with Crippen molar-refractivity contribution in [3.8, 4) is 0 Å². The standard InChI is InChI=1S/C12H13N3/c13-12(5-2-6-12)11-4-1-3-9-7-14-15-8-10(9)11/h1,3-4,7-8H,2,5-6,13H2. The third-order valence-corrected chi connectivity index (χ3v) is 3.37. The van der Waals surface area contributed by atoms with E-state index in [9.17, 15) is 0 Å². The van der Waals surface area contributed by atoms with Gasteiger partial charge in [-0.3, -0.25) is 0 Å². The quantitative estimate of drug-likeness (QED) is 0.763. The molecular weight excluding hydrogens is 186 g/mol. The minimum atomic E-state index is -0.122. The lowest BCUT2D eigenvalue weighted by molar-refractivity contribution is 0.256. The molecule has 1 aliphatic carbocycles. The van der Waals surface area contributed by atoms with Gasteiger partial charge in [-0.05, 0) is 24.8 Å². The van der Waals surface area contributed by atoms with Crippen LogP contribution in [0.5, 0.6) is 0 Å². The Morgan fingerprint density at radius 3 is 2.67 bits per heavy atom. The molecular formula is C12H13N3. The van der Waals surface area contributed by atoms with Crippen LogP contribution in [-0.2, 0) is 5.54 Å². The smallest absolute Gasteiger partial charge is 0.0578 e. The maximum absolute atomic E-state index is 6.34. The third-order valence-electron chi connectivity index (χ3n) is 3.37. The van der Waals surface area contributed by atoms with E-state index in [-0.39, 0.29) is 5.54 Å². The Kier molecular flexibility index (Phi) is 1.76. The fourth-order valence-electron chi connectivity index (χ4n) is 2.29. The molecule has 1 aromatic carbocycles. The van der Waals surface area contributed by atoms with Gasteiger partial charge in [-0.2, -0.15) is 10.2 Å². The maximum atomic E-state index is 6.34. The van der Waals surface area contributed by atoms with Crippen molar-refractivity contribution in [3.05, 3.63) is 36.2 Å². The third kappa shape index (κ3) is 1.23. The van der Waals surface area contributed by atoms with Gasteiger partial charge in [0.2, 0.25) is 0 Å². The highest BCUT2D eigenvalue weighted by atomic mass is 15.1. The van der Waals surface area contributed by atoms with Gasteiger partial charge in [0.25, 0.3) is 0 Å². The Labute approximate surface area is 88.3 Å². The number of aromatic nitrogens is 2. The van der Waals surface area contributed by atoms with Gasteiger partial charge in [-0.1, -0.05) is 18.2 Å². The zero-order valence-corrected chi connectivity index (χ0v) is 8.48. The second-order valence-electron chi connectivity index (χ2n) is 4.31. The first-order valence-corrected chi connectivity index (χ1v) is 5.28. The molecule has 0 amide bonds. The molecule has 0 saturated heterocycles. The monoisotopic (exact) mass is 199 g/mol. The molecule has 1 fully saturated rings. The Morgan fingerprint density at radius 2 is 1.93 bits per heavy atom. The van der Waals surface area contributed by atoms with E-state index in [0.29, 0.717) is 0 Å². The predicted molar refractivity (Wildman–Crippen MR) is 59.3 cm³/mol. The lowest BCUT2D eigenvalue weighted by Crippen LogP contribution is -2.43. The van der Waals surface area contributed by atoms with Crippen molar-refractivity contribution < 1.29 is 0 Å². The van der Waals surface area contributed by atoms with Gasteiger partial charge in [-0.25, -0.2) is 0 Å². The van der Waals surface area contributed by atoms with Crippen LogP contribution in [0.15, 0.2) is 30.6 Å². The largest absolute Gasteiger partial charge is 0.321 e. The molecule has 1 heterocycles. The lowest BCUT2D eigenvalue weighted by Gasteiger charge is -2.39. The van der Waals surface area contributed by atoms with Gasteiger partial charge in [0.05, 0.1) is 12.4 Å². The van der Waals surface area contributed by atoms with Crippen LogP contribution in [0.1, 0.15) is 24.8 Å². The minimum absolute atomic E-state index is 0.122. The van der Waals surface area contributed by atoms with Crippen LogP contribution in [0.3, 0.4) is 0 Å². The minimum Gasteiger partial charge on any atom is -0.321 e. The van der Waals surface area contributed by atoms with E-state index in [0.717, 1.165) is 23.6 Å². The zero-order valence-electron chi connectivity index (χ0n) is 8.48. The molecule has 2 aromatic rings. The molecule has 1 aliphatic rings. The number of benzene rings is 1. The average Bonchev–Trinajstić information content (AvgIpc) is 2.25. The van der Waals surface area contributed by atoms with Crippen LogP contribution in [0.4, 0.5) is 0 Å². The van der Waals surface area contributed by atoms with Gasteiger partial charge in [0.15, 0.2) is 0 Å². The molecule has 1 aromatic heterocycles. The Balaban J connectivity index is 2.26. The first kappa shape index (κ1) is 8.80. The maximum Gasteiger partial charge on any atom is 0.0578 e. The van der Waals surface area contributed by atoms with E-state index in [4.69, 9.17) is 5.73 Å². The summed E-state index contributed by atoms with van der Waals surface area (Å²) >= 11 is 0. The molecule has 76 valence electrons. The molecule has 0 atom stereocenters. The summed E-state index contributed by atoms with van der Waals surface area (Å²) in [5.41, 5.74) is 7.44. The zero-order chi connectivity index (χ0) is 10.3. The van der Waals surface area contributed by atoms with Gasteiger partial charge in [-0.15, -0.1) is 0 Å². The topological polar surface area (TPSA) is 51.8 Å². The lowest BCUT2D eigenvalue weighted by atomic mass is 9.71. The fourth-order valence-corrected chi connectivity index (χ4v) is 2.29. The van der Waals surface area contributed by atoms with Crippen LogP contribution in [0.2, 0.25) is 0 Å². The van der Waals surface area contributed by atoms with Crippen LogP contribution in [0.25, 0.3) is 10.8 Å². The van der Waals surface area contributed by atoms with Gasteiger partial charge >= 0.3 is 0 Å². The van der Waals surface area contributed by atoms with E-state index < -0.39 is 0 Å². The molecule has 0 radical (unpaired) electrons. The Bertz CT molecular complexity index is 498. The summed E-state index contributed by atoms with van der Waals surface area (Å²) in [7, 11) is 0. The number of nitrogens with zero attached hydrogens (tertiary/aromatic N) is 2. The van der Waals surface area contributed by atoms with Crippen molar-refractivity contribution in [1.82, 2.24) is 10.2 Å². The molecule has 3 nitrogen and oxygen atoms in total. The van der Waals surface area contributed by atoms with Crippen molar-refractivity contribution in [2.45, 2.75) is 24.8 Å². The highest BCUT2D eigenvalue weighted by molar-refractivity contribution is 5.85. The second-order valence-corrected chi connectivity index (χ2v) is 4.31. The summed E-state index contributed by atoms with van der Waals surface area (Å²) in [6, 6.07) is 6.21. The molecule has 3 rings (SSSR count). The summed E-state index contributed by atoms with van der Waals surface area (Å²) < 4.78 is 0. The number of rotatable bonds is 1. The van der Waals surface area contributed by atoms with E-state index in [1.807, 2.05) is 12.3 Å². The fraction of sp³-hybridized carbons (Fsp3) is 0.333. The molecule has 2 N–H and O–H groups in total. The summed E-state index contributed by atoms with van der Waals surface area (Å²) in [5.74, 6) is 0. The van der Waals surface area contributed by atoms with Crippen molar-refractivity contribution >= 4 is 10.8 Å². The van der Waals surface area contributed by atoms with Gasteiger partial charge < -0.3 is 5.73 Å². The van der Waals surface area contributed by atoms with Crippen molar-refractivity contribution in [2.75, 3.05) is 0 Å². The molecule has 0 bridgehead atoms. The molecule has 0 aliphatic heterocycles. The molecule has 3 heteroatoms. The Morgan fingerprint density at radius 1 is 1.13 bits per heavy atom. The van der Waals surface area contributed by atoms with E-state index in [1.54, 1.807) is 6.20 Å². The first-order chi connectivity index (χ1) is 7.30. The number of fused-ring (bicyclic) bond motifs is 1.